The standard InChI is InChI=1S/C28H23ClN2O4S/c1-18-8-13-23(14-9-18)36(34,35)31-26-16-21(11-10-19(26)2)28(33)30-25-15-12-22(29)17-24(25)27(32)20-6-4-3-5-7-20/h3-17,31H,1-2H3,(H,30,33). The van der Waals surface area contributed by atoms with Crippen molar-refractivity contribution in [3.63, 3.8) is 0 Å². The largest absolute Gasteiger partial charge is 0.321 e. The van der Waals surface area contributed by atoms with Crippen molar-refractivity contribution >= 4 is 44.7 Å². The number of amides is 1. The Morgan fingerprint density at radius 1 is 0.750 bits per heavy atom. The van der Waals surface area contributed by atoms with Gasteiger partial charge in [0.2, 0.25) is 0 Å². The number of ketones is 1. The molecule has 0 aromatic heterocycles. The maximum atomic E-state index is 13.1. The Kier molecular flexibility index (Phi) is 7.24. The highest BCUT2D eigenvalue weighted by Crippen LogP contribution is 2.26. The number of hydrogen-bond acceptors (Lipinski definition) is 4. The van der Waals surface area contributed by atoms with Gasteiger partial charge >= 0.3 is 0 Å². The third-order valence-corrected chi connectivity index (χ3v) is 7.20. The Balaban J connectivity index is 1.61. The molecule has 2 N–H and O–H groups in total. The van der Waals surface area contributed by atoms with Crippen LogP contribution in [0.4, 0.5) is 11.4 Å². The van der Waals surface area contributed by atoms with E-state index in [-0.39, 0.29) is 27.5 Å². The molecule has 0 radical (unpaired) electrons. The van der Waals surface area contributed by atoms with E-state index < -0.39 is 15.9 Å². The van der Waals surface area contributed by atoms with Crippen molar-refractivity contribution in [1.29, 1.82) is 0 Å². The number of carbonyl (C=O) groups excluding carboxylic acids is 2. The summed E-state index contributed by atoms with van der Waals surface area (Å²) in [6.45, 7) is 3.61. The number of carbonyl (C=O) groups is 2. The molecule has 0 bridgehead atoms. The predicted molar refractivity (Wildman–Crippen MR) is 142 cm³/mol. The molecule has 1 amide bonds. The molecule has 182 valence electrons. The van der Waals surface area contributed by atoms with Gasteiger partial charge < -0.3 is 5.32 Å². The Bertz CT molecular complexity index is 1550. The second-order valence-electron chi connectivity index (χ2n) is 8.29. The van der Waals surface area contributed by atoms with E-state index in [4.69, 9.17) is 11.6 Å². The average molecular weight is 519 g/mol. The van der Waals surface area contributed by atoms with E-state index in [0.29, 0.717) is 21.8 Å². The summed E-state index contributed by atoms with van der Waals surface area (Å²) in [5, 5.41) is 3.11. The molecule has 0 fully saturated rings. The first-order chi connectivity index (χ1) is 17.1. The molecule has 4 rings (SSSR count). The smallest absolute Gasteiger partial charge is 0.261 e. The van der Waals surface area contributed by atoms with Crippen LogP contribution in [0.3, 0.4) is 0 Å². The monoisotopic (exact) mass is 518 g/mol. The van der Waals surface area contributed by atoms with Crippen LogP contribution in [0, 0.1) is 13.8 Å². The zero-order valence-electron chi connectivity index (χ0n) is 19.6. The number of hydrogen-bond donors (Lipinski definition) is 2. The van der Waals surface area contributed by atoms with Crippen molar-refractivity contribution in [2.24, 2.45) is 0 Å². The van der Waals surface area contributed by atoms with Crippen LogP contribution in [-0.4, -0.2) is 20.1 Å². The number of halogens is 1. The number of benzene rings is 4. The van der Waals surface area contributed by atoms with Gasteiger partial charge in [0.1, 0.15) is 0 Å². The van der Waals surface area contributed by atoms with E-state index in [2.05, 4.69) is 10.0 Å². The fraction of sp³-hybridized carbons (Fsp3) is 0.0714. The lowest BCUT2D eigenvalue weighted by Crippen LogP contribution is -2.17. The van der Waals surface area contributed by atoms with Crippen LogP contribution in [0.2, 0.25) is 5.02 Å². The molecule has 0 aliphatic heterocycles. The van der Waals surface area contributed by atoms with Crippen molar-refractivity contribution in [2.75, 3.05) is 10.0 Å². The molecule has 0 spiro atoms. The van der Waals surface area contributed by atoms with Crippen molar-refractivity contribution in [1.82, 2.24) is 0 Å². The minimum Gasteiger partial charge on any atom is -0.321 e. The summed E-state index contributed by atoms with van der Waals surface area (Å²) in [5.74, 6) is -0.793. The molecule has 6 nitrogen and oxygen atoms in total. The summed E-state index contributed by atoms with van der Waals surface area (Å²) in [6.07, 6.45) is 0. The fourth-order valence-electron chi connectivity index (χ4n) is 3.55. The van der Waals surface area contributed by atoms with Crippen LogP contribution in [0.5, 0.6) is 0 Å². The topological polar surface area (TPSA) is 92.3 Å². The van der Waals surface area contributed by atoms with Gasteiger partial charge in [0.25, 0.3) is 15.9 Å². The van der Waals surface area contributed by atoms with Crippen LogP contribution >= 0.6 is 11.6 Å². The van der Waals surface area contributed by atoms with Gasteiger partial charge in [-0.05, 0) is 61.9 Å². The lowest BCUT2D eigenvalue weighted by Gasteiger charge is -2.14. The van der Waals surface area contributed by atoms with Crippen LogP contribution < -0.4 is 10.0 Å². The van der Waals surface area contributed by atoms with Crippen molar-refractivity contribution in [3.8, 4) is 0 Å². The van der Waals surface area contributed by atoms with E-state index in [0.717, 1.165) is 5.56 Å². The molecule has 4 aromatic rings. The molecule has 0 saturated heterocycles. The molecule has 0 saturated carbocycles. The van der Waals surface area contributed by atoms with E-state index in [1.54, 1.807) is 73.7 Å². The summed E-state index contributed by atoms with van der Waals surface area (Å²) < 4.78 is 28.3. The second-order valence-corrected chi connectivity index (χ2v) is 10.4. The molecule has 36 heavy (non-hydrogen) atoms. The Labute approximate surface area is 215 Å². The molecule has 0 unspecified atom stereocenters. The van der Waals surface area contributed by atoms with E-state index in [1.807, 2.05) is 6.92 Å². The second kappa shape index (κ2) is 10.4. The van der Waals surface area contributed by atoms with Crippen molar-refractivity contribution < 1.29 is 18.0 Å². The fourth-order valence-corrected chi connectivity index (χ4v) is 4.84. The van der Waals surface area contributed by atoms with Gasteiger partial charge in [-0.25, -0.2) is 8.42 Å². The van der Waals surface area contributed by atoms with Crippen molar-refractivity contribution in [2.45, 2.75) is 18.7 Å². The number of rotatable bonds is 7. The van der Waals surface area contributed by atoms with Gasteiger partial charge in [-0.1, -0.05) is 65.7 Å². The average Bonchev–Trinajstić information content (AvgIpc) is 2.86. The van der Waals surface area contributed by atoms with Crippen LogP contribution in [0.25, 0.3) is 0 Å². The molecular weight excluding hydrogens is 496 g/mol. The quantitative estimate of drug-likeness (QED) is 0.283. The highest BCUT2D eigenvalue weighted by Gasteiger charge is 2.19. The van der Waals surface area contributed by atoms with E-state index in [9.17, 15) is 18.0 Å². The molecule has 8 heteroatoms. The highest BCUT2D eigenvalue weighted by molar-refractivity contribution is 7.92. The van der Waals surface area contributed by atoms with Crippen LogP contribution in [-0.2, 0) is 10.0 Å². The maximum Gasteiger partial charge on any atom is 0.261 e. The minimum absolute atomic E-state index is 0.118. The van der Waals surface area contributed by atoms with Gasteiger partial charge in [0.15, 0.2) is 5.78 Å². The summed E-state index contributed by atoms with van der Waals surface area (Å²) in [5.41, 5.74) is 3.08. The predicted octanol–water partition coefficient (Wildman–Crippen LogP) is 6.24. The summed E-state index contributed by atoms with van der Waals surface area (Å²) in [4.78, 5) is 26.3. The molecule has 0 atom stereocenters. The first-order valence-corrected chi connectivity index (χ1v) is 12.9. The summed E-state index contributed by atoms with van der Waals surface area (Å²) in [7, 11) is -3.85. The van der Waals surface area contributed by atoms with Gasteiger partial charge in [0.05, 0.1) is 16.3 Å². The Morgan fingerprint density at radius 3 is 2.14 bits per heavy atom. The van der Waals surface area contributed by atoms with E-state index in [1.165, 1.54) is 24.3 Å². The highest BCUT2D eigenvalue weighted by atomic mass is 35.5. The Morgan fingerprint density at radius 2 is 1.44 bits per heavy atom. The third kappa shape index (κ3) is 5.64. The minimum atomic E-state index is -3.85. The molecule has 0 aliphatic rings. The first kappa shape index (κ1) is 25.2. The maximum absolute atomic E-state index is 13.1. The lowest BCUT2D eigenvalue weighted by molar-refractivity contribution is 0.102. The molecular formula is C28H23ClN2O4S. The van der Waals surface area contributed by atoms with Crippen LogP contribution in [0.1, 0.15) is 37.4 Å². The molecule has 0 heterocycles. The summed E-state index contributed by atoms with van der Waals surface area (Å²) >= 11 is 6.13. The molecule has 0 aliphatic carbocycles. The Hall–Kier alpha value is -3.94. The normalized spacial score (nSPS) is 11.1. The van der Waals surface area contributed by atoms with Gasteiger partial charge in [-0.15, -0.1) is 0 Å². The lowest BCUT2D eigenvalue weighted by atomic mass is 10.0. The van der Waals surface area contributed by atoms with Crippen molar-refractivity contribution in [3.05, 3.63) is 124 Å². The third-order valence-electron chi connectivity index (χ3n) is 5.59. The number of aryl methyl sites for hydroxylation is 2. The SMILES string of the molecule is Cc1ccc(S(=O)(=O)Nc2cc(C(=O)Nc3ccc(Cl)cc3C(=O)c3ccccc3)ccc2C)cc1. The van der Waals surface area contributed by atoms with Gasteiger partial charge in [-0.2, -0.15) is 0 Å². The van der Waals surface area contributed by atoms with E-state index >= 15 is 0 Å². The zero-order chi connectivity index (χ0) is 25.9. The van der Waals surface area contributed by atoms with Gasteiger partial charge in [0, 0.05) is 21.7 Å². The van der Waals surface area contributed by atoms with Gasteiger partial charge in [-0.3, -0.25) is 14.3 Å². The molecule has 4 aromatic carbocycles. The number of anilines is 2. The zero-order valence-corrected chi connectivity index (χ0v) is 21.2. The number of sulfonamides is 1. The summed E-state index contributed by atoms with van der Waals surface area (Å²) in [6, 6.07) is 24.5. The number of nitrogens with one attached hydrogen (secondary N) is 2. The first-order valence-electron chi connectivity index (χ1n) is 11.0. The van der Waals surface area contributed by atoms with Crippen LogP contribution in [0.15, 0.2) is 95.9 Å².